The molecule has 0 amide bonds. The molecule has 0 aromatic heterocycles. The molecule has 1 fully saturated rings. The molecular weight excluding hydrogens is 292 g/mol. The standard InChI is InChI=1S/C14H22N2O4S/c1-4-16(11-7-8-15-10-11)21(17,18)14-9-12(19-2)5-6-13(14)20-3/h5-6,9,11,15H,4,7-8,10H2,1-3H3. The van der Waals surface area contributed by atoms with Crippen molar-refractivity contribution in [2.75, 3.05) is 33.9 Å². The fourth-order valence-electron chi connectivity index (χ4n) is 2.62. The molecule has 1 saturated heterocycles. The van der Waals surface area contributed by atoms with Gasteiger partial charge in [-0.15, -0.1) is 0 Å². The highest BCUT2D eigenvalue weighted by Gasteiger charge is 2.34. The molecule has 0 bridgehead atoms. The molecule has 118 valence electrons. The van der Waals surface area contributed by atoms with E-state index in [1.54, 1.807) is 12.1 Å². The Labute approximate surface area is 126 Å². The van der Waals surface area contributed by atoms with Crippen LogP contribution in [0.5, 0.6) is 11.5 Å². The Morgan fingerprint density at radius 2 is 2.10 bits per heavy atom. The lowest BCUT2D eigenvalue weighted by Gasteiger charge is -2.27. The summed E-state index contributed by atoms with van der Waals surface area (Å²) in [5, 5.41) is 3.20. The van der Waals surface area contributed by atoms with Crippen LogP contribution in [0.4, 0.5) is 0 Å². The summed E-state index contributed by atoms with van der Waals surface area (Å²) in [6.45, 7) is 3.79. The van der Waals surface area contributed by atoms with Crippen LogP contribution in [0.15, 0.2) is 23.1 Å². The first kappa shape index (κ1) is 16.1. The normalized spacial score (nSPS) is 19.0. The number of methoxy groups -OCH3 is 2. The number of hydrogen-bond acceptors (Lipinski definition) is 5. The van der Waals surface area contributed by atoms with Crippen LogP contribution in [0.3, 0.4) is 0 Å². The Bertz CT molecular complexity index is 583. The van der Waals surface area contributed by atoms with E-state index in [1.165, 1.54) is 24.6 Å². The number of benzene rings is 1. The summed E-state index contributed by atoms with van der Waals surface area (Å²) >= 11 is 0. The van der Waals surface area contributed by atoms with Crippen molar-refractivity contribution in [1.82, 2.24) is 9.62 Å². The molecule has 1 heterocycles. The minimum absolute atomic E-state index is 0.0177. The lowest BCUT2D eigenvalue weighted by molar-refractivity contribution is 0.343. The molecule has 2 rings (SSSR count). The summed E-state index contributed by atoms with van der Waals surface area (Å²) in [6, 6.07) is 4.80. The highest BCUT2D eigenvalue weighted by atomic mass is 32.2. The third kappa shape index (κ3) is 3.14. The van der Waals surface area contributed by atoms with Gasteiger partial charge in [0.2, 0.25) is 10.0 Å². The predicted octanol–water partition coefficient (Wildman–Crippen LogP) is 1.08. The second-order valence-corrected chi connectivity index (χ2v) is 6.73. The van der Waals surface area contributed by atoms with Gasteiger partial charge in [-0.2, -0.15) is 4.31 Å². The molecule has 0 aliphatic carbocycles. The van der Waals surface area contributed by atoms with Crippen LogP contribution in [0.1, 0.15) is 13.3 Å². The Morgan fingerprint density at radius 1 is 1.33 bits per heavy atom. The van der Waals surface area contributed by atoms with Crippen LogP contribution in [0.25, 0.3) is 0 Å². The van der Waals surface area contributed by atoms with E-state index in [0.717, 1.165) is 13.0 Å². The van der Waals surface area contributed by atoms with Gasteiger partial charge < -0.3 is 14.8 Å². The first-order chi connectivity index (χ1) is 10.0. The number of ether oxygens (including phenoxy) is 2. The molecule has 0 saturated carbocycles. The number of nitrogens with one attached hydrogen (secondary N) is 1. The van der Waals surface area contributed by atoms with Crippen molar-refractivity contribution >= 4 is 10.0 Å². The van der Waals surface area contributed by atoms with Crippen molar-refractivity contribution in [3.63, 3.8) is 0 Å². The largest absolute Gasteiger partial charge is 0.497 e. The summed E-state index contributed by atoms with van der Waals surface area (Å²) in [5.41, 5.74) is 0. The van der Waals surface area contributed by atoms with E-state index in [0.29, 0.717) is 24.6 Å². The molecule has 0 spiro atoms. The molecule has 1 aromatic rings. The van der Waals surface area contributed by atoms with E-state index in [2.05, 4.69) is 5.32 Å². The SMILES string of the molecule is CCN(C1CCNC1)S(=O)(=O)c1cc(OC)ccc1OC. The third-order valence-electron chi connectivity index (χ3n) is 3.71. The van der Waals surface area contributed by atoms with Crippen molar-refractivity contribution in [2.24, 2.45) is 0 Å². The van der Waals surface area contributed by atoms with Gasteiger partial charge >= 0.3 is 0 Å². The quantitative estimate of drug-likeness (QED) is 0.851. The van der Waals surface area contributed by atoms with E-state index in [-0.39, 0.29) is 10.9 Å². The first-order valence-electron chi connectivity index (χ1n) is 6.99. The van der Waals surface area contributed by atoms with E-state index in [4.69, 9.17) is 9.47 Å². The average molecular weight is 314 g/mol. The fourth-order valence-corrected chi connectivity index (χ4v) is 4.46. The molecule has 1 N–H and O–H groups in total. The van der Waals surface area contributed by atoms with Crippen LogP contribution in [0, 0.1) is 0 Å². The Morgan fingerprint density at radius 3 is 2.62 bits per heavy atom. The van der Waals surface area contributed by atoms with Crippen molar-refractivity contribution in [3.8, 4) is 11.5 Å². The molecule has 7 heteroatoms. The summed E-state index contributed by atoms with van der Waals surface area (Å²) in [4.78, 5) is 0.151. The molecule has 21 heavy (non-hydrogen) atoms. The zero-order chi connectivity index (χ0) is 15.5. The second kappa shape index (κ2) is 6.64. The lowest BCUT2D eigenvalue weighted by Crippen LogP contribution is -2.41. The number of likely N-dealkylation sites (N-methyl/N-ethyl adjacent to an activating group) is 1. The summed E-state index contributed by atoms with van der Waals surface area (Å²) in [6.07, 6.45) is 0.819. The second-order valence-electron chi connectivity index (χ2n) is 4.87. The summed E-state index contributed by atoms with van der Waals surface area (Å²) in [7, 11) is -0.644. The molecular formula is C14H22N2O4S. The maximum atomic E-state index is 13.0. The molecule has 1 unspecified atom stereocenters. The molecule has 0 radical (unpaired) electrons. The van der Waals surface area contributed by atoms with Crippen LogP contribution in [0.2, 0.25) is 0 Å². The van der Waals surface area contributed by atoms with Crippen LogP contribution < -0.4 is 14.8 Å². The zero-order valence-corrected chi connectivity index (χ0v) is 13.4. The maximum absolute atomic E-state index is 13.0. The lowest BCUT2D eigenvalue weighted by atomic mass is 10.3. The van der Waals surface area contributed by atoms with Gasteiger partial charge in [0, 0.05) is 25.2 Å². The van der Waals surface area contributed by atoms with Gasteiger partial charge in [0.15, 0.2) is 0 Å². The average Bonchev–Trinajstić information content (AvgIpc) is 3.01. The van der Waals surface area contributed by atoms with Gasteiger partial charge in [-0.05, 0) is 25.1 Å². The molecule has 1 aliphatic rings. The highest BCUT2D eigenvalue weighted by molar-refractivity contribution is 7.89. The molecule has 1 aromatic carbocycles. The smallest absolute Gasteiger partial charge is 0.247 e. The Kier molecular flexibility index (Phi) is 5.08. The molecule has 1 atom stereocenters. The number of nitrogens with zero attached hydrogens (tertiary/aromatic N) is 1. The Hall–Kier alpha value is -1.31. The maximum Gasteiger partial charge on any atom is 0.247 e. The number of hydrogen-bond donors (Lipinski definition) is 1. The zero-order valence-electron chi connectivity index (χ0n) is 12.6. The van der Waals surface area contributed by atoms with E-state index < -0.39 is 10.0 Å². The summed E-state index contributed by atoms with van der Waals surface area (Å²) in [5.74, 6) is 0.829. The van der Waals surface area contributed by atoms with Crippen molar-refractivity contribution in [3.05, 3.63) is 18.2 Å². The highest BCUT2D eigenvalue weighted by Crippen LogP contribution is 2.32. The van der Waals surface area contributed by atoms with Gasteiger partial charge in [-0.1, -0.05) is 6.92 Å². The van der Waals surface area contributed by atoms with Gasteiger partial charge in [-0.25, -0.2) is 8.42 Å². The molecule has 1 aliphatic heterocycles. The van der Waals surface area contributed by atoms with Crippen LogP contribution in [-0.2, 0) is 10.0 Å². The summed E-state index contributed by atoms with van der Waals surface area (Å²) < 4.78 is 37.8. The van der Waals surface area contributed by atoms with E-state index in [1.807, 2.05) is 6.92 Å². The van der Waals surface area contributed by atoms with Gasteiger partial charge in [0.05, 0.1) is 14.2 Å². The van der Waals surface area contributed by atoms with Crippen molar-refractivity contribution in [1.29, 1.82) is 0 Å². The minimum atomic E-state index is -3.62. The van der Waals surface area contributed by atoms with Gasteiger partial charge in [-0.3, -0.25) is 0 Å². The minimum Gasteiger partial charge on any atom is -0.497 e. The number of sulfonamides is 1. The van der Waals surface area contributed by atoms with Crippen molar-refractivity contribution in [2.45, 2.75) is 24.3 Å². The fraction of sp³-hybridized carbons (Fsp3) is 0.571. The monoisotopic (exact) mass is 314 g/mol. The van der Waals surface area contributed by atoms with E-state index in [9.17, 15) is 8.42 Å². The van der Waals surface area contributed by atoms with Crippen LogP contribution >= 0.6 is 0 Å². The third-order valence-corrected chi connectivity index (χ3v) is 5.76. The van der Waals surface area contributed by atoms with E-state index >= 15 is 0 Å². The van der Waals surface area contributed by atoms with Gasteiger partial charge in [0.25, 0.3) is 0 Å². The van der Waals surface area contributed by atoms with Gasteiger partial charge in [0.1, 0.15) is 16.4 Å². The first-order valence-corrected chi connectivity index (χ1v) is 8.43. The predicted molar refractivity (Wildman–Crippen MR) is 80.4 cm³/mol. The van der Waals surface area contributed by atoms with Crippen LogP contribution in [-0.4, -0.2) is 52.6 Å². The number of rotatable bonds is 6. The van der Waals surface area contributed by atoms with Crippen molar-refractivity contribution < 1.29 is 17.9 Å². The molecule has 6 nitrogen and oxygen atoms in total. The topological polar surface area (TPSA) is 67.9 Å². The Balaban J connectivity index is 2.45.